The number of pyridine rings is 1. The topological polar surface area (TPSA) is 95.0 Å². The highest BCUT2D eigenvalue weighted by atomic mass is 16.3. The molecule has 21 heavy (non-hydrogen) atoms. The zero-order valence-corrected chi connectivity index (χ0v) is 11.6. The molecular weight excluding hydrogens is 264 g/mol. The lowest BCUT2D eigenvalue weighted by Crippen LogP contribution is -2.06. The van der Waals surface area contributed by atoms with Crippen molar-refractivity contribution >= 4 is 11.5 Å². The number of benzene rings is 1. The summed E-state index contributed by atoms with van der Waals surface area (Å²) in [7, 11) is 0. The van der Waals surface area contributed by atoms with E-state index >= 15 is 0 Å². The maximum Gasteiger partial charge on any atom is 0.144 e. The van der Waals surface area contributed by atoms with Gasteiger partial charge in [-0.1, -0.05) is 0 Å². The summed E-state index contributed by atoms with van der Waals surface area (Å²) in [4.78, 5) is 4.54. The van der Waals surface area contributed by atoms with Crippen LogP contribution in [0.25, 0.3) is 0 Å². The van der Waals surface area contributed by atoms with Gasteiger partial charge >= 0.3 is 0 Å². The number of nitrogens with one attached hydrogen (secondary N) is 1. The van der Waals surface area contributed by atoms with Crippen LogP contribution in [0.15, 0.2) is 24.3 Å². The van der Waals surface area contributed by atoms with Crippen molar-refractivity contribution < 1.29 is 5.11 Å². The fourth-order valence-electron chi connectivity index (χ4n) is 2.62. The van der Waals surface area contributed by atoms with Crippen molar-refractivity contribution in [2.75, 3.05) is 11.1 Å². The van der Waals surface area contributed by atoms with E-state index in [1.54, 1.807) is 18.2 Å². The van der Waals surface area contributed by atoms with E-state index in [0.717, 1.165) is 25.0 Å². The zero-order chi connectivity index (χ0) is 14.8. The Morgan fingerprint density at radius 3 is 3.00 bits per heavy atom. The van der Waals surface area contributed by atoms with E-state index in [9.17, 15) is 10.4 Å². The quantitative estimate of drug-likeness (QED) is 0.592. The molecule has 0 spiro atoms. The standard InChI is InChI=1S/C16H16N4O/c17-8-11-6-10-2-1-3-14(10)20-16(11)19-9-12-7-13(18)4-5-15(12)21/h4-7,21H,1-3,9,18H2,(H,19,20). The van der Waals surface area contributed by atoms with Crippen molar-refractivity contribution in [3.8, 4) is 11.8 Å². The lowest BCUT2D eigenvalue weighted by atomic mass is 10.1. The fourth-order valence-corrected chi connectivity index (χ4v) is 2.62. The first-order valence-corrected chi connectivity index (χ1v) is 6.91. The van der Waals surface area contributed by atoms with E-state index in [-0.39, 0.29) is 5.75 Å². The average molecular weight is 280 g/mol. The molecule has 0 atom stereocenters. The number of fused-ring (bicyclic) bond motifs is 1. The van der Waals surface area contributed by atoms with Crippen LogP contribution in [0, 0.1) is 11.3 Å². The summed E-state index contributed by atoms with van der Waals surface area (Å²) in [5.41, 5.74) is 9.77. The normalized spacial score (nSPS) is 12.7. The second-order valence-corrected chi connectivity index (χ2v) is 5.20. The number of phenols is 1. The van der Waals surface area contributed by atoms with Gasteiger partial charge in [-0.05, 0) is 49.1 Å². The second-order valence-electron chi connectivity index (χ2n) is 5.20. The molecule has 0 saturated heterocycles. The summed E-state index contributed by atoms with van der Waals surface area (Å²) < 4.78 is 0. The Hall–Kier alpha value is -2.74. The molecule has 1 aliphatic rings. The third-order valence-electron chi connectivity index (χ3n) is 3.72. The number of nitrogens with two attached hydrogens (primary N) is 1. The molecule has 5 heteroatoms. The summed E-state index contributed by atoms with van der Waals surface area (Å²) in [6.07, 6.45) is 3.04. The number of phenolic OH excluding ortho intramolecular Hbond substituents is 1. The summed E-state index contributed by atoms with van der Waals surface area (Å²) in [6, 6.07) is 9.01. The summed E-state index contributed by atoms with van der Waals surface area (Å²) in [6.45, 7) is 0.372. The lowest BCUT2D eigenvalue weighted by molar-refractivity contribution is 0.469. The monoisotopic (exact) mass is 280 g/mol. The van der Waals surface area contributed by atoms with Gasteiger partial charge in [0.15, 0.2) is 0 Å². The van der Waals surface area contributed by atoms with Gasteiger partial charge in [0.25, 0.3) is 0 Å². The third-order valence-corrected chi connectivity index (χ3v) is 3.72. The minimum atomic E-state index is 0.177. The Labute approximate surface area is 123 Å². The molecule has 1 aliphatic carbocycles. The van der Waals surface area contributed by atoms with Crippen molar-refractivity contribution in [1.82, 2.24) is 4.98 Å². The number of nitrogen functional groups attached to an aromatic ring is 1. The molecule has 2 aromatic rings. The van der Waals surface area contributed by atoms with Crippen molar-refractivity contribution in [3.05, 3.63) is 46.6 Å². The van der Waals surface area contributed by atoms with Gasteiger partial charge in [0.2, 0.25) is 0 Å². The zero-order valence-electron chi connectivity index (χ0n) is 11.6. The number of rotatable bonds is 3. The predicted molar refractivity (Wildman–Crippen MR) is 80.8 cm³/mol. The Morgan fingerprint density at radius 2 is 2.19 bits per heavy atom. The highest BCUT2D eigenvalue weighted by Gasteiger charge is 2.16. The van der Waals surface area contributed by atoms with Crippen LogP contribution in [0.2, 0.25) is 0 Å². The van der Waals surface area contributed by atoms with Crippen LogP contribution in [0.5, 0.6) is 5.75 Å². The lowest BCUT2D eigenvalue weighted by Gasteiger charge is -2.11. The molecule has 0 fully saturated rings. The third kappa shape index (κ3) is 2.61. The molecule has 0 radical (unpaired) electrons. The van der Waals surface area contributed by atoms with Crippen molar-refractivity contribution in [3.63, 3.8) is 0 Å². The molecule has 0 amide bonds. The molecule has 106 valence electrons. The van der Waals surface area contributed by atoms with Gasteiger partial charge in [-0.25, -0.2) is 4.98 Å². The molecule has 1 aromatic heterocycles. The van der Waals surface area contributed by atoms with Crippen molar-refractivity contribution in [2.24, 2.45) is 0 Å². The van der Waals surface area contributed by atoms with Crippen LogP contribution < -0.4 is 11.1 Å². The number of nitriles is 1. The van der Waals surface area contributed by atoms with Gasteiger partial charge in [-0.2, -0.15) is 5.26 Å². The van der Waals surface area contributed by atoms with Crippen LogP contribution in [0.3, 0.4) is 0 Å². The maximum atomic E-state index is 9.81. The molecule has 0 bridgehead atoms. The molecule has 1 heterocycles. The second kappa shape index (κ2) is 5.33. The van der Waals surface area contributed by atoms with Gasteiger partial charge in [0.1, 0.15) is 17.6 Å². The van der Waals surface area contributed by atoms with Crippen LogP contribution in [0.1, 0.15) is 28.8 Å². The Kier molecular flexibility index (Phi) is 3.36. The van der Waals surface area contributed by atoms with E-state index in [4.69, 9.17) is 5.73 Å². The highest BCUT2D eigenvalue weighted by molar-refractivity contribution is 5.56. The van der Waals surface area contributed by atoms with Crippen LogP contribution in [-0.2, 0) is 19.4 Å². The molecule has 0 saturated carbocycles. The predicted octanol–water partition coefficient (Wildman–Crippen LogP) is 2.34. The number of nitrogens with zero attached hydrogens (tertiary/aromatic N) is 2. The largest absolute Gasteiger partial charge is 0.508 e. The molecule has 1 aromatic carbocycles. The molecule has 0 unspecified atom stereocenters. The fraction of sp³-hybridized carbons (Fsp3) is 0.250. The average Bonchev–Trinajstić information content (AvgIpc) is 2.94. The van der Waals surface area contributed by atoms with Crippen LogP contribution in [-0.4, -0.2) is 10.1 Å². The Bertz CT molecular complexity index is 734. The van der Waals surface area contributed by atoms with Crippen molar-refractivity contribution in [2.45, 2.75) is 25.8 Å². The molecule has 5 nitrogen and oxygen atoms in total. The van der Waals surface area contributed by atoms with Gasteiger partial charge in [-0.3, -0.25) is 0 Å². The number of aromatic nitrogens is 1. The van der Waals surface area contributed by atoms with E-state index in [1.807, 2.05) is 6.07 Å². The highest BCUT2D eigenvalue weighted by Crippen LogP contribution is 2.26. The summed E-state index contributed by atoms with van der Waals surface area (Å²) >= 11 is 0. The van der Waals surface area contributed by atoms with Gasteiger partial charge < -0.3 is 16.2 Å². The van der Waals surface area contributed by atoms with Crippen LogP contribution in [0.4, 0.5) is 11.5 Å². The summed E-state index contributed by atoms with van der Waals surface area (Å²) in [5, 5.41) is 22.2. The Morgan fingerprint density at radius 1 is 1.33 bits per heavy atom. The number of aryl methyl sites for hydroxylation is 2. The first kappa shape index (κ1) is 13.3. The van der Waals surface area contributed by atoms with E-state index in [2.05, 4.69) is 16.4 Å². The molecule has 3 rings (SSSR count). The molecule has 4 N–H and O–H groups in total. The number of aromatic hydroxyl groups is 1. The number of hydrogen-bond acceptors (Lipinski definition) is 5. The first-order valence-electron chi connectivity index (χ1n) is 6.91. The van der Waals surface area contributed by atoms with Gasteiger partial charge in [0.05, 0.1) is 5.56 Å². The first-order chi connectivity index (χ1) is 10.2. The van der Waals surface area contributed by atoms with Gasteiger partial charge in [0, 0.05) is 23.5 Å². The van der Waals surface area contributed by atoms with Gasteiger partial charge in [-0.15, -0.1) is 0 Å². The minimum Gasteiger partial charge on any atom is -0.508 e. The minimum absolute atomic E-state index is 0.177. The van der Waals surface area contributed by atoms with Crippen molar-refractivity contribution in [1.29, 1.82) is 5.26 Å². The maximum absolute atomic E-state index is 9.81. The Balaban J connectivity index is 1.85. The molecule has 0 aliphatic heterocycles. The summed E-state index contributed by atoms with van der Waals surface area (Å²) in [5.74, 6) is 0.747. The molecular formula is C16H16N4O. The van der Waals surface area contributed by atoms with E-state index < -0.39 is 0 Å². The smallest absolute Gasteiger partial charge is 0.144 e. The number of hydrogen-bond donors (Lipinski definition) is 3. The number of anilines is 2. The van der Waals surface area contributed by atoms with E-state index in [1.165, 1.54) is 5.56 Å². The SMILES string of the molecule is N#Cc1cc2c(nc1NCc1cc(N)ccc1O)CCC2. The van der Waals surface area contributed by atoms with E-state index in [0.29, 0.717) is 29.2 Å². The van der Waals surface area contributed by atoms with Crippen LogP contribution >= 0.6 is 0 Å².